The van der Waals surface area contributed by atoms with Crippen molar-refractivity contribution in [3.05, 3.63) is 24.2 Å². The number of aromatic nitrogens is 3. The first-order valence-electron chi connectivity index (χ1n) is 4.59. The number of ether oxygens (including phenoxy) is 1. The van der Waals surface area contributed by atoms with Crippen LogP contribution in [0.3, 0.4) is 0 Å². The molecule has 0 spiro atoms. The molecule has 2 rings (SSSR count). The largest absolute Gasteiger partial charge is 0.396 e. The minimum absolute atomic E-state index is 0.00445. The van der Waals surface area contributed by atoms with Crippen molar-refractivity contribution in [1.29, 1.82) is 0 Å². The predicted molar refractivity (Wildman–Crippen MR) is 54.1 cm³/mol. The van der Waals surface area contributed by atoms with Gasteiger partial charge in [0.15, 0.2) is 11.5 Å². The molecule has 2 aromatic rings. The third-order valence-corrected chi connectivity index (χ3v) is 1.90. The molecule has 0 aromatic carbocycles. The Labute approximate surface area is 86.3 Å². The zero-order valence-electron chi connectivity index (χ0n) is 8.13. The van der Waals surface area contributed by atoms with Crippen LogP contribution in [0.2, 0.25) is 0 Å². The van der Waals surface area contributed by atoms with Crippen molar-refractivity contribution in [2.45, 2.75) is 6.61 Å². The summed E-state index contributed by atoms with van der Waals surface area (Å²) in [6.45, 7) is 0.558. The number of hydrogen-bond acceptors (Lipinski definition) is 5. The van der Waals surface area contributed by atoms with Gasteiger partial charge in [0.2, 0.25) is 0 Å². The summed E-state index contributed by atoms with van der Waals surface area (Å²) >= 11 is 0. The van der Waals surface area contributed by atoms with Crippen LogP contribution in [-0.2, 0) is 11.3 Å². The summed E-state index contributed by atoms with van der Waals surface area (Å²) in [4.78, 5) is 4.20. The number of pyridine rings is 1. The van der Waals surface area contributed by atoms with Crippen LogP contribution in [0.1, 0.15) is 5.82 Å². The fourth-order valence-electron chi connectivity index (χ4n) is 1.26. The highest BCUT2D eigenvalue weighted by Crippen LogP contribution is 2.10. The van der Waals surface area contributed by atoms with Crippen molar-refractivity contribution in [2.24, 2.45) is 0 Å². The molecule has 0 aliphatic rings. The molecule has 0 aliphatic carbocycles. The second-order valence-electron chi connectivity index (χ2n) is 3.04. The third kappa shape index (κ3) is 2.05. The lowest BCUT2D eigenvalue weighted by atomic mass is 10.4. The van der Waals surface area contributed by atoms with E-state index in [2.05, 4.69) is 10.1 Å². The molecular formula is C9H12N4O2. The third-order valence-electron chi connectivity index (χ3n) is 1.90. The normalized spacial score (nSPS) is 11.0. The highest BCUT2D eigenvalue weighted by atomic mass is 16.5. The van der Waals surface area contributed by atoms with Gasteiger partial charge < -0.3 is 15.6 Å². The minimum Gasteiger partial charge on any atom is -0.396 e. The average molecular weight is 208 g/mol. The standard InChI is InChI=1S/C9H12N4O2/c10-7-2-1-3-13-9(7)11-8(12-13)6-15-5-4-14/h1-3,14H,4-6,10H2. The second-order valence-corrected chi connectivity index (χ2v) is 3.04. The summed E-state index contributed by atoms with van der Waals surface area (Å²) in [6.07, 6.45) is 1.77. The van der Waals surface area contributed by atoms with Crippen LogP contribution in [0.15, 0.2) is 18.3 Å². The first-order chi connectivity index (χ1) is 7.31. The Bertz CT molecular complexity index is 454. The van der Waals surface area contributed by atoms with Gasteiger partial charge in [-0.15, -0.1) is 5.10 Å². The molecule has 15 heavy (non-hydrogen) atoms. The SMILES string of the molecule is Nc1cccn2nc(COCCO)nc12. The number of aliphatic hydroxyl groups is 1. The van der Waals surface area contributed by atoms with Crippen molar-refractivity contribution in [3.8, 4) is 0 Å². The first-order valence-corrected chi connectivity index (χ1v) is 4.59. The molecule has 80 valence electrons. The van der Waals surface area contributed by atoms with E-state index in [0.29, 0.717) is 17.2 Å². The van der Waals surface area contributed by atoms with E-state index in [0.717, 1.165) is 0 Å². The first kappa shape index (κ1) is 9.88. The molecule has 0 aliphatic heterocycles. The summed E-state index contributed by atoms with van der Waals surface area (Å²) in [5.74, 6) is 0.557. The summed E-state index contributed by atoms with van der Waals surface area (Å²) in [5, 5.41) is 12.7. The van der Waals surface area contributed by atoms with Gasteiger partial charge in [0.05, 0.1) is 18.9 Å². The van der Waals surface area contributed by atoms with E-state index in [4.69, 9.17) is 15.6 Å². The molecule has 0 saturated heterocycles. The van der Waals surface area contributed by atoms with Gasteiger partial charge in [-0.3, -0.25) is 0 Å². The molecule has 2 aromatic heterocycles. The van der Waals surface area contributed by atoms with Crippen LogP contribution < -0.4 is 5.73 Å². The zero-order chi connectivity index (χ0) is 10.7. The average Bonchev–Trinajstić information content (AvgIpc) is 2.63. The van der Waals surface area contributed by atoms with E-state index in [1.165, 1.54) is 0 Å². The number of anilines is 1. The van der Waals surface area contributed by atoms with Gasteiger partial charge in [-0.1, -0.05) is 0 Å². The minimum atomic E-state index is -0.00445. The van der Waals surface area contributed by atoms with E-state index in [-0.39, 0.29) is 19.8 Å². The highest BCUT2D eigenvalue weighted by molar-refractivity contribution is 5.63. The van der Waals surface area contributed by atoms with Crippen LogP contribution in [0.25, 0.3) is 5.65 Å². The van der Waals surface area contributed by atoms with Crippen molar-refractivity contribution in [2.75, 3.05) is 18.9 Å². The Morgan fingerprint density at radius 3 is 3.13 bits per heavy atom. The Balaban J connectivity index is 2.20. The number of hydrogen-bond donors (Lipinski definition) is 2. The number of nitrogens with zero attached hydrogens (tertiary/aromatic N) is 3. The quantitative estimate of drug-likeness (QED) is 0.681. The van der Waals surface area contributed by atoms with E-state index in [9.17, 15) is 0 Å². The lowest BCUT2D eigenvalue weighted by Gasteiger charge is -1.95. The molecule has 2 heterocycles. The number of nitrogen functional groups attached to an aromatic ring is 1. The van der Waals surface area contributed by atoms with Gasteiger partial charge in [0.25, 0.3) is 0 Å². The zero-order valence-corrected chi connectivity index (χ0v) is 8.13. The number of rotatable bonds is 4. The molecule has 0 atom stereocenters. The van der Waals surface area contributed by atoms with E-state index in [1.807, 2.05) is 0 Å². The molecule has 6 nitrogen and oxygen atoms in total. The fraction of sp³-hybridized carbons (Fsp3) is 0.333. The molecule has 0 unspecified atom stereocenters. The lowest BCUT2D eigenvalue weighted by Crippen LogP contribution is -2.00. The van der Waals surface area contributed by atoms with E-state index in [1.54, 1.807) is 22.8 Å². The highest BCUT2D eigenvalue weighted by Gasteiger charge is 2.05. The monoisotopic (exact) mass is 208 g/mol. The van der Waals surface area contributed by atoms with Crippen molar-refractivity contribution in [1.82, 2.24) is 14.6 Å². The maximum atomic E-state index is 8.54. The van der Waals surface area contributed by atoms with Crippen LogP contribution in [0.5, 0.6) is 0 Å². The molecule has 0 fully saturated rings. The summed E-state index contributed by atoms with van der Waals surface area (Å²) in [5.41, 5.74) is 6.93. The molecular weight excluding hydrogens is 196 g/mol. The van der Waals surface area contributed by atoms with Crippen LogP contribution >= 0.6 is 0 Å². The summed E-state index contributed by atoms with van der Waals surface area (Å²) < 4.78 is 6.71. The fourth-order valence-corrected chi connectivity index (χ4v) is 1.26. The molecule has 0 amide bonds. The summed E-state index contributed by atoms with van der Waals surface area (Å²) in [6, 6.07) is 3.57. The van der Waals surface area contributed by atoms with Crippen molar-refractivity contribution < 1.29 is 9.84 Å². The maximum absolute atomic E-state index is 8.54. The van der Waals surface area contributed by atoms with Crippen LogP contribution in [0, 0.1) is 0 Å². The topological polar surface area (TPSA) is 85.7 Å². The summed E-state index contributed by atoms with van der Waals surface area (Å²) in [7, 11) is 0. The van der Waals surface area contributed by atoms with E-state index < -0.39 is 0 Å². The Kier molecular flexibility index (Phi) is 2.79. The Hall–Kier alpha value is -1.66. The molecule has 6 heteroatoms. The molecule has 0 radical (unpaired) electrons. The number of fused-ring (bicyclic) bond motifs is 1. The predicted octanol–water partition coefficient (Wildman–Crippen LogP) is -0.180. The van der Waals surface area contributed by atoms with Crippen molar-refractivity contribution in [3.63, 3.8) is 0 Å². The van der Waals surface area contributed by atoms with Gasteiger partial charge in [0, 0.05) is 6.20 Å². The molecule has 0 bridgehead atoms. The maximum Gasteiger partial charge on any atom is 0.178 e. The van der Waals surface area contributed by atoms with Crippen molar-refractivity contribution >= 4 is 11.3 Å². The Morgan fingerprint density at radius 2 is 2.40 bits per heavy atom. The van der Waals surface area contributed by atoms with E-state index >= 15 is 0 Å². The Morgan fingerprint density at radius 1 is 1.53 bits per heavy atom. The van der Waals surface area contributed by atoms with Gasteiger partial charge in [-0.05, 0) is 12.1 Å². The van der Waals surface area contributed by atoms with Gasteiger partial charge in [-0.25, -0.2) is 9.50 Å². The second kappa shape index (κ2) is 4.24. The van der Waals surface area contributed by atoms with Gasteiger partial charge >= 0.3 is 0 Å². The number of aliphatic hydroxyl groups excluding tert-OH is 1. The lowest BCUT2D eigenvalue weighted by molar-refractivity contribution is 0.0778. The number of nitrogens with two attached hydrogens (primary N) is 1. The smallest absolute Gasteiger partial charge is 0.178 e. The van der Waals surface area contributed by atoms with Gasteiger partial charge in [0.1, 0.15) is 6.61 Å². The molecule has 0 saturated carbocycles. The van der Waals surface area contributed by atoms with Gasteiger partial charge in [-0.2, -0.15) is 0 Å². The van der Waals surface area contributed by atoms with Crippen LogP contribution in [-0.4, -0.2) is 32.9 Å². The molecule has 3 N–H and O–H groups in total. The van der Waals surface area contributed by atoms with Crippen LogP contribution in [0.4, 0.5) is 5.69 Å².